The molecule has 138 valence electrons. The van der Waals surface area contributed by atoms with Gasteiger partial charge in [0.15, 0.2) is 0 Å². The van der Waals surface area contributed by atoms with E-state index in [4.69, 9.17) is 11.6 Å². The molecule has 0 aromatic heterocycles. The fourth-order valence-electron chi connectivity index (χ4n) is 2.32. The van der Waals surface area contributed by atoms with E-state index in [-0.39, 0.29) is 41.0 Å². The molecule has 0 heterocycles. The zero-order valence-electron chi connectivity index (χ0n) is 15.1. The lowest BCUT2D eigenvalue weighted by Crippen LogP contribution is -2.27. The Kier molecular flexibility index (Phi) is 6.27. The summed E-state index contributed by atoms with van der Waals surface area (Å²) < 4.78 is 0. The zero-order chi connectivity index (χ0) is 19.3. The van der Waals surface area contributed by atoms with Gasteiger partial charge in [-0.2, -0.15) is 0 Å². The van der Waals surface area contributed by atoms with Crippen molar-refractivity contribution in [3.8, 4) is 5.75 Å². The fourth-order valence-corrected chi connectivity index (χ4v) is 2.50. The third-order valence-corrected chi connectivity index (χ3v) is 4.18. The lowest BCUT2D eigenvalue weighted by atomic mass is 9.87. The number of nitrogens with one attached hydrogen (secondary N) is 2. The standard InChI is InChI=1S/C20H23ClN2O3/c1-20(2,3)14-6-4-13(5-7-14)19(26)22-11-10-18(25)23-15-8-9-17(24)16(21)12-15/h4-9,12,24H,10-11H2,1-3H3,(H,22,26)(H,23,25). The van der Waals surface area contributed by atoms with Gasteiger partial charge in [-0.15, -0.1) is 0 Å². The molecule has 3 N–H and O–H groups in total. The van der Waals surface area contributed by atoms with Crippen LogP contribution in [0, 0.1) is 0 Å². The van der Waals surface area contributed by atoms with Gasteiger partial charge in [0, 0.05) is 24.2 Å². The van der Waals surface area contributed by atoms with E-state index in [1.54, 1.807) is 18.2 Å². The van der Waals surface area contributed by atoms with Gasteiger partial charge in [-0.1, -0.05) is 44.5 Å². The lowest BCUT2D eigenvalue weighted by Gasteiger charge is -2.19. The molecular weight excluding hydrogens is 352 g/mol. The molecule has 2 aromatic rings. The SMILES string of the molecule is CC(C)(C)c1ccc(C(=O)NCCC(=O)Nc2ccc(O)c(Cl)c2)cc1. The number of hydrogen-bond acceptors (Lipinski definition) is 3. The lowest BCUT2D eigenvalue weighted by molar-refractivity contribution is -0.116. The van der Waals surface area contributed by atoms with Crippen LogP contribution in [-0.4, -0.2) is 23.5 Å². The van der Waals surface area contributed by atoms with Crippen LogP contribution < -0.4 is 10.6 Å². The first kappa shape index (κ1) is 19.8. The van der Waals surface area contributed by atoms with E-state index in [0.717, 1.165) is 5.56 Å². The van der Waals surface area contributed by atoms with Crippen LogP contribution in [0.4, 0.5) is 5.69 Å². The molecule has 0 aliphatic heterocycles. The highest BCUT2D eigenvalue weighted by molar-refractivity contribution is 6.32. The van der Waals surface area contributed by atoms with E-state index in [2.05, 4.69) is 31.4 Å². The number of anilines is 1. The van der Waals surface area contributed by atoms with Crippen LogP contribution in [0.5, 0.6) is 5.75 Å². The van der Waals surface area contributed by atoms with Gasteiger partial charge < -0.3 is 15.7 Å². The highest BCUT2D eigenvalue weighted by atomic mass is 35.5. The van der Waals surface area contributed by atoms with Gasteiger partial charge >= 0.3 is 0 Å². The van der Waals surface area contributed by atoms with Crippen LogP contribution in [0.25, 0.3) is 0 Å². The molecule has 0 radical (unpaired) electrons. The minimum atomic E-state index is -0.255. The van der Waals surface area contributed by atoms with E-state index in [9.17, 15) is 14.7 Å². The van der Waals surface area contributed by atoms with Gasteiger partial charge in [0.1, 0.15) is 5.75 Å². The molecular formula is C20H23ClN2O3. The molecule has 0 aliphatic rings. The molecule has 2 amide bonds. The molecule has 0 bridgehead atoms. The number of amides is 2. The quantitative estimate of drug-likeness (QED) is 0.689. The molecule has 0 unspecified atom stereocenters. The minimum Gasteiger partial charge on any atom is -0.506 e. The smallest absolute Gasteiger partial charge is 0.251 e. The van der Waals surface area contributed by atoms with Crippen molar-refractivity contribution >= 4 is 29.1 Å². The minimum absolute atomic E-state index is 0.0320. The Bertz CT molecular complexity index is 796. The number of rotatable bonds is 5. The summed E-state index contributed by atoms with van der Waals surface area (Å²) in [5.74, 6) is -0.518. The molecule has 0 saturated carbocycles. The Morgan fingerprint density at radius 2 is 1.73 bits per heavy atom. The summed E-state index contributed by atoms with van der Waals surface area (Å²) in [6, 6.07) is 11.9. The Morgan fingerprint density at radius 1 is 1.08 bits per heavy atom. The number of phenolic OH excluding ortho intramolecular Hbond substituents is 1. The Morgan fingerprint density at radius 3 is 2.31 bits per heavy atom. The molecule has 0 fully saturated rings. The summed E-state index contributed by atoms with van der Waals surface area (Å²) in [5, 5.41) is 14.9. The molecule has 5 nitrogen and oxygen atoms in total. The predicted octanol–water partition coefficient (Wildman–Crippen LogP) is 4.10. The van der Waals surface area contributed by atoms with Gasteiger partial charge in [-0.05, 0) is 41.3 Å². The molecule has 2 aromatic carbocycles. The summed E-state index contributed by atoms with van der Waals surface area (Å²) in [7, 11) is 0. The second kappa shape index (κ2) is 8.23. The van der Waals surface area contributed by atoms with Crippen molar-refractivity contribution in [2.75, 3.05) is 11.9 Å². The van der Waals surface area contributed by atoms with Crippen LogP contribution in [0.15, 0.2) is 42.5 Å². The Balaban J connectivity index is 1.82. The number of phenols is 1. The van der Waals surface area contributed by atoms with Crippen molar-refractivity contribution < 1.29 is 14.7 Å². The van der Waals surface area contributed by atoms with Crippen LogP contribution in [0.3, 0.4) is 0 Å². The third-order valence-electron chi connectivity index (χ3n) is 3.88. The highest BCUT2D eigenvalue weighted by Gasteiger charge is 2.14. The molecule has 26 heavy (non-hydrogen) atoms. The first-order valence-corrected chi connectivity index (χ1v) is 8.72. The van der Waals surface area contributed by atoms with Gasteiger partial charge in [0.05, 0.1) is 5.02 Å². The van der Waals surface area contributed by atoms with Crippen molar-refractivity contribution in [1.82, 2.24) is 5.32 Å². The average Bonchev–Trinajstić information content (AvgIpc) is 2.57. The molecule has 0 saturated heterocycles. The second-order valence-electron chi connectivity index (χ2n) is 7.05. The van der Waals surface area contributed by atoms with Gasteiger partial charge in [-0.3, -0.25) is 9.59 Å². The number of aromatic hydroxyl groups is 1. The number of carbonyl (C=O) groups is 2. The topological polar surface area (TPSA) is 78.4 Å². The van der Waals surface area contributed by atoms with E-state index in [1.165, 1.54) is 12.1 Å². The number of halogens is 1. The summed E-state index contributed by atoms with van der Waals surface area (Å²) >= 11 is 5.79. The molecule has 6 heteroatoms. The first-order valence-electron chi connectivity index (χ1n) is 8.34. The van der Waals surface area contributed by atoms with E-state index in [1.807, 2.05) is 12.1 Å². The van der Waals surface area contributed by atoms with Crippen LogP contribution in [0.2, 0.25) is 5.02 Å². The van der Waals surface area contributed by atoms with Crippen molar-refractivity contribution in [2.45, 2.75) is 32.6 Å². The van der Waals surface area contributed by atoms with Crippen LogP contribution in [0.1, 0.15) is 43.1 Å². The van der Waals surface area contributed by atoms with E-state index in [0.29, 0.717) is 11.3 Å². The molecule has 0 spiro atoms. The monoisotopic (exact) mass is 374 g/mol. The predicted molar refractivity (Wildman–Crippen MR) is 104 cm³/mol. The second-order valence-corrected chi connectivity index (χ2v) is 7.45. The van der Waals surface area contributed by atoms with Crippen molar-refractivity contribution in [3.63, 3.8) is 0 Å². The van der Waals surface area contributed by atoms with Crippen molar-refractivity contribution in [2.24, 2.45) is 0 Å². The van der Waals surface area contributed by atoms with Crippen LogP contribution >= 0.6 is 11.6 Å². The maximum Gasteiger partial charge on any atom is 0.251 e. The summed E-state index contributed by atoms with van der Waals surface area (Å²) in [6.07, 6.45) is 0.129. The van der Waals surface area contributed by atoms with E-state index < -0.39 is 0 Å². The van der Waals surface area contributed by atoms with Gasteiger partial charge in [0.25, 0.3) is 5.91 Å². The molecule has 0 atom stereocenters. The summed E-state index contributed by atoms with van der Waals surface area (Å²) in [4.78, 5) is 24.1. The summed E-state index contributed by atoms with van der Waals surface area (Å²) in [6.45, 7) is 6.56. The summed E-state index contributed by atoms with van der Waals surface area (Å²) in [5.41, 5.74) is 2.23. The third kappa shape index (κ3) is 5.49. The normalized spacial score (nSPS) is 11.1. The largest absolute Gasteiger partial charge is 0.506 e. The van der Waals surface area contributed by atoms with Gasteiger partial charge in [-0.25, -0.2) is 0 Å². The number of carbonyl (C=O) groups excluding carboxylic acids is 2. The van der Waals surface area contributed by atoms with Crippen molar-refractivity contribution in [3.05, 3.63) is 58.6 Å². The van der Waals surface area contributed by atoms with Crippen molar-refractivity contribution in [1.29, 1.82) is 0 Å². The fraction of sp³-hybridized carbons (Fsp3) is 0.300. The molecule has 0 aliphatic carbocycles. The number of hydrogen-bond donors (Lipinski definition) is 3. The average molecular weight is 375 g/mol. The maximum absolute atomic E-state index is 12.1. The number of benzene rings is 2. The highest BCUT2D eigenvalue weighted by Crippen LogP contribution is 2.26. The zero-order valence-corrected chi connectivity index (χ0v) is 15.9. The maximum atomic E-state index is 12.1. The first-order chi connectivity index (χ1) is 12.2. The van der Waals surface area contributed by atoms with E-state index >= 15 is 0 Å². The van der Waals surface area contributed by atoms with Crippen LogP contribution in [-0.2, 0) is 10.2 Å². The molecule has 2 rings (SSSR count). The Hall–Kier alpha value is -2.53. The Labute approximate surface area is 158 Å². The van der Waals surface area contributed by atoms with Gasteiger partial charge in [0.2, 0.25) is 5.91 Å².